The minimum absolute atomic E-state index is 0.00824. The van der Waals surface area contributed by atoms with Gasteiger partial charge in [0.05, 0.1) is 18.3 Å². The molecule has 0 aliphatic carbocycles. The van der Waals surface area contributed by atoms with Gasteiger partial charge in [0, 0.05) is 12.7 Å². The van der Waals surface area contributed by atoms with Crippen molar-refractivity contribution in [2.24, 2.45) is 0 Å². The van der Waals surface area contributed by atoms with Gasteiger partial charge in [0.2, 0.25) is 0 Å². The Labute approximate surface area is 159 Å². The number of aromatic nitrogens is 2. The first-order valence-electron chi connectivity index (χ1n) is 8.90. The van der Waals surface area contributed by atoms with Crippen molar-refractivity contribution in [1.29, 1.82) is 0 Å². The average Bonchev–Trinajstić information content (AvgIpc) is 3.04. The first-order valence-corrected chi connectivity index (χ1v) is 10.3. The van der Waals surface area contributed by atoms with Crippen LogP contribution in [0.15, 0.2) is 29.3 Å². The highest BCUT2D eigenvalue weighted by atomic mass is 32.2. The molecule has 148 valence electrons. The molecule has 0 saturated carbocycles. The number of anilines is 1. The van der Waals surface area contributed by atoms with Gasteiger partial charge in [-0.15, -0.1) is 5.10 Å². The Morgan fingerprint density at radius 3 is 2.85 bits per heavy atom. The number of aryl methyl sites for hydroxylation is 2. The summed E-state index contributed by atoms with van der Waals surface area (Å²) in [5.74, 6) is 0.517. The third-order valence-electron chi connectivity index (χ3n) is 4.18. The number of rotatable bonds is 6. The number of benzene rings is 1. The van der Waals surface area contributed by atoms with Crippen LogP contribution in [0.4, 0.5) is 5.69 Å². The van der Waals surface area contributed by atoms with Gasteiger partial charge in [0.15, 0.2) is 4.90 Å². The molecule has 0 bridgehead atoms. The topological polar surface area (TPSA) is 93.9 Å². The molecule has 1 aromatic carbocycles. The number of sulfonamides is 1. The maximum absolute atomic E-state index is 13.5. The number of nitrogens with zero attached hydrogens (tertiary/aromatic N) is 3. The van der Waals surface area contributed by atoms with Gasteiger partial charge in [-0.05, 0) is 45.4 Å². The first-order chi connectivity index (χ1) is 12.7. The number of hydrogen-bond acceptors (Lipinski definition) is 6. The quantitative estimate of drug-likeness (QED) is 0.803. The van der Waals surface area contributed by atoms with Crippen LogP contribution >= 0.6 is 0 Å². The van der Waals surface area contributed by atoms with Crippen molar-refractivity contribution in [3.05, 3.63) is 30.0 Å². The third-order valence-corrected chi connectivity index (χ3v) is 5.95. The number of ether oxygens (including phenoxy) is 2. The van der Waals surface area contributed by atoms with E-state index >= 15 is 0 Å². The molecule has 2 heterocycles. The molecule has 8 nitrogen and oxygen atoms in total. The van der Waals surface area contributed by atoms with Gasteiger partial charge in [-0.25, -0.2) is 8.42 Å². The lowest BCUT2D eigenvalue weighted by Crippen LogP contribution is -2.42. The maximum atomic E-state index is 13.5. The van der Waals surface area contributed by atoms with E-state index in [9.17, 15) is 13.5 Å². The van der Waals surface area contributed by atoms with E-state index < -0.39 is 16.1 Å². The predicted molar refractivity (Wildman–Crippen MR) is 101 cm³/mol. The highest BCUT2D eigenvalue weighted by molar-refractivity contribution is 7.93. The smallest absolute Gasteiger partial charge is 0.271 e. The van der Waals surface area contributed by atoms with Crippen LogP contribution in [-0.2, 0) is 16.6 Å². The van der Waals surface area contributed by atoms with E-state index in [-0.39, 0.29) is 30.0 Å². The molecule has 1 N–H and O–H groups in total. The molecular formula is C18H25N3O5S. The maximum Gasteiger partial charge on any atom is 0.271 e. The van der Waals surface area contributed by atoms with Crippen LogP contribution in [-0.4, -0.2) is 48.7 Å². The summed E-state index contributed by atoms with van der Waals surface area (Å²) in [6.45, 7) is 7.78. The lowest BCUT2D eigenvalue weighted by molar-refractivity contribution is 0.117. The van der Waals surface area contributed by atoms with Crippen molar-refractivity contribution >= 4 is 15.7 Å². The Bertz CT molecular complexity index is 923. The molecule has 1 aliphatic rings. The summed E-state index contributed by atoms with van der Waals surface area (Å²) >= 11 is 0. The van der Waals surface area contributed by atoms with Gasteiger partial charge in [-0.1, -0.05) is 6.07 Å². The summed E-state index contributed by atoms with van der Waals surface area (Å²) in [7, 11) is -3.93. The van der Waals surface area contributed by atoms with Crippen LogP contribution in [0.5, 0.6) is 11.6 Å². The van der Waals surface area contributed by atoms with Gasteiger partial charge < -0.3 is 14.6 Å². The largest absolute Gasteiger partial charge is 0.487 e. The standard InChI is InChI=1S/C18H25N3O5S/c1-5-20-10-17(18(19-20)25-11-13(3)22)27(23,24)21-9-14(4)26-16-7-6-12(2)8-15(16)21/h6-8,10,13-14,22H,5,9,11H2,1-4H3. The fourth-order valence-electron chi connectivity index (χ4n) is 2.88. The molecule has 0 radical (unpaired) electrons. The van der Waals surface area contributed by atoms with Gasteiger partial charge >= 0.3 is 0 Å². The van der Waals surface area contributed by atoms with Crippen LogP contribution in [0.1, 0.15) is 26.3 Å². The van der Waals surface area contributed by atoms with E-state index in [2.05, 4.69) is 5.10 Å². The lowest BCUT2D eigenvalue weighted by atomic mass is 10.2. The van der Waals surface area contributed by atoms with E-state index in [1.54, 1.807) is 19.1 Å². The van der Waals surface area contributed by atoms with E-state index in [4.69, 9.17) is 9.47 Å². The van der Waals surface area contributed by atoms with Crippen molar-refractivity contribution in [3.63, 3.8) is 0 Å². The summed E-state index contributed by atoms with van der Waals surface area (Å²) in [5, 5.41) is 13.7. The Kier molecular flexibility index (Phi) is 5.34. The summed E-state index contributed by atoms with van der Waals surface area (Å²) in [4.78, 5) is -0.0217. The van der Waals surface area contributed by atoms with E-state index in [1.807, 2.05) is 26.8 Å². The minimum Gasteiger partial charge on any atom is -0.487 e. The Hall–Kier alpha value is -2.26. The minimum atomic E-state index is -3.93. The molecule has 27 heavy (non-hydrogen) atoms. The molecule has 1 aromatic heterocycles. The Morgan fingerprint density at radius 2 is 2.19 bits per heavy atom. The summed E-state index contributed by atoms with van der Waals surface area (Å²) in [5.41, 5.74) is 1.43. The summed E-state index contributed by atoms with van der Waals surface area (Å²) < 4.78 is 41.1. The Balaban J connectivity index is 2.07. The zero-order valence-corrected chi connectivity index (χ0v) is 16.7. The van der Waals surface area contributed by atoms with Crippen molar-refractivity contribution < 1.29 is 23.0 Å². The fourth-order valence-corrected chi connectivity index (χ4v) is 4.50. The second kappa shape index (κ2) is 7.40. The van der Waals surface area contributed by atoms with E-state index in [0.29, 0.717) is 18.0 Å². The van der Waals surface area contributed by atoms with E-state index in [1.165, 1.54) is 15.2 Å². The molecule has 2 aromatic rings. The van der Waals surface area contributed by atoms with Crippen molar-refractivity contribution in [3.8, 4) is 11.6 Å². The molecule has 0 saturated heterocycles. The molecule has 2 unspecified atom stereocenters. The number of hydrogen-bond donors (Lipinski definition) is 1. The second-order valence-electron chi connectivity index (χ2n) is 6.75. The van der Waals surface area contributed by atoms with Crippen molar-refractivity contribution in [2.75, 3.05) is 17.5 Å². The third kappa shape index (κ3) is 3.89. The number of fused-ring (bicyclic) bond motifs is 1. The summed E-state index contributed by atoms with van der Waals surface area (Å²) in [6, 6.07) is 5.45. The zero-order chi connectivity index (χ0) is 19.8. The monoisotopic (exact) mass is 395 g/mol. The number of aliphatic hydroxyl groups is 1. The zero-order valence-electron chi connectivity index (χ0n) is 15.9. The normalized spacial score (nSPS) is 18.0. The fraction of sp³-hybridized carbons (Fsp3) is 0.500. The molecule has 0 amide bonds. The molecule has 2 atom stereocenters. The summed E-state index contributed by atoms with van der Waals surface area (Å²) in [6.07, 6.45) is 0.430. The molecule has 9 heteroatoms. The molecular weight excluding hydrogens is 370 g/mol. The lowest BCUT2D eigenvalue weighted by Gasteiger charge is -2.34. The Morgan fingerprint density at radius 1 is 1.44 bits per heavy atom. The first kappa shape index (κ1) is 19.5. The van der Waals surface area contributed by atoms with E-state index in [0.717, 1.165) is 5.56 Å². The SMILES string of the molecule is CCn1cc(S(=O)(=O)N2CC(C)Oc3ccc(C)cc32)c(OCC(C)O)n1. The highest BCUT2D eigenvalue weighted by Gasteiger charge is 2.36. The van der Waals surface area contributed by atoms with Gasteiger partial charge in [0.25, 0.3) is 15.9 Å². The highest BCUT2D eigenvalue weighted by Crippen LogP contribution is 2.39. The molecule has 0 fully saturated rings. The predicted octanol–water partition coefficient (Wildman–Crippen LogP) is 1.95. The van der Waals surface area contributed by atoms with Crippen LogP contribution in [0, 0.1) is 6.92 Å². The number of aliphatic hydroxyl groups excluding tert-OH is 1. The van der Waals surface area contributed by atoms with Crippen molar-refractivity contribution in [1.82, 2.24) is 9.78 Å². The molecule has 3 rings (SSSR count). The van der Waals surface area contributed by atoms with Gasteiger partial charge in [-0.3, -0.25) is 8.99 Å². The van der Waals surface area contributed by atoms with Gasteiger partial charge in [0.1, 0.15) is 18.5 Å². The van der Waals surface area contributed by atoms with Crippen molar-refractivity contribution in [2.45, 2.75) is 51.3 Å². The molecule has 1 aliphatic heterocycles. The van der Waals surface area contributed by atoms with Crippen LogP contribution in [0.3, 0.4) is 0 Å². The molecule has 0 spiro atoms. The second-order valence-corrected chi connectivity index (χ2v) is 8.58. The van der Waals surface area contributed by atoms with Crippen LogP contribution in [0.25, 0.3) is 0 Å². The average molecular weight is 395 g/mol. The van der Waals surface area contributed by atoms with Gasteiger partial charge in [-0.2, -0.15) is 0 Å². The van der Waals surface area contributed by atoms with Crippen LogP contribution < -0.4 is 13.8 Å². The van der Waals surface area contributed by atoms with Crippen LogP contribution in [0.2, 0.25) is 0 Å².